The molecule has 14 heavy (non-hydrogen) atoms. The van der Waals surface area contributed by atoms with Crippen molar-refractivity contribution < 1.29 is 9.90 Å². The summed E-state index contributed by atoms with van der Waals surface area (Å²) < 4.78 is 0. The van der Waals surface area contributed by atoms with Crippen LogP contribution in [0.5, 0.6) is 0 Å². The minimum absolute atomic E-state index is 0.00940. The number of carbonyl (C=O) groups excluding carboxylic acids is 1. The molecule has 0 saturated carbocycles. The smallest absolute Gasteiger partial charge is 0.222 e. The number of hydrogen-bond acceptors (Lipinski definition) is 3. The second-order valence-electron chi connectivity index (χ2n) is 4.72. The summed E-state index contributed by atoms with van der Waals surface area (Å²) in [4.78, 5) is 11.4. The highest BCUT2D eigenvalue weighted by atomic mass is 16.3. The summed E-state index contributed by atoms with van der Waals surface area (Å²) in [6.45, 7) is 7.20. The lowest BCUT2D eigenvalue weighted by Gasteiger charge is -2.20. The van der Waals surface area contributed by atoms with Gasteiger partial charge in [0.1, 0.15) is 0 Å². The topological polar surface area (TPSA) is 75.3 Å². The molecular weight excluding hydrogens is 180 g/mol. The quantitative estimate of drug-likeness (QED) is 0.603. The van der Waals surface area contributed by atoms with Crippen LogP contribution in [0.1, 0.15) is 40.5 Å². The predicted molar refractivity (Wildman–Crippen MR) is 56.8 cm³/mol. The van der Waals surface area contributed by atoms with Gasteiger partial charge in [-0.05, 0) is 34.1 Å². The molecule has 0 bridgehead atoms. The van der Waals surface area contributed by atoms with Crippen LogP contribution < -0.4 is 11.1 Å². The number of nitrogens with one attached hydrogen (secondary N) is 1. The van der Waals surface area contributed by atoms with Crippen LogP contribution in [-0.2, 0) is 4.79 Å². The molecule has 0 aliphatic heterocycles. The van der Waals surface area contributed by atoms with E-state index < -0.39 is 11.6 Å². The van der Waals surface area contributed by atoms with Crippen molar-refractivity contribution in [3.63, 3.8) is 0 Å². The van der Waals surface area contributed by atoms with E-state index in [-0.39, 0.29) is 11.9 Å². The zero-order valence-corrected chi connectivity index (χ0v) is 9.50. The van der Waals surface area contributed by atoms with Gasteiger partial charge >= 0.3 is 0 Å². The van der Waals surface area contributed by atoms with Crippen LogP contribution in [0, 0.1) is 0 Å². The molecule has 0 aromatic rings. The van der Waals surface area contributed by atoms with E-state index in [1.165, 1.54) is 0 Å². The fraction of sp³-hybridized carbons (Fsp3) is 0.900. The molecule has 0 radical (unpaired) electrons. The fourth-order valence-electron chi connectivity index (χ4n) is 1.31. The van der Waals surface area contributed by atoms with Crippen molar-refractivity contribution in [2.24, 2.45) is 5.73 Å². The van der Waals surface area contributed by atoms with Crippen LogP contribution >= 0.6 is 0 Å². The molecule has 84 valence electrons. The zero-order chi connectivity index (χ0) is 11.4. The summed E-state index contributed by atoms with van der Waals surface area (Å²) in [5.41, 5.74) is 5.23. The molecule has 0 saturated heterocycles. The van der Waals surface area contributed by atoms with Crippen molar-refractivity contribution in [1.82, 2.24) is 5.32 Å². The van der Waals surface area contributed by atoms with E-state index in [9.17, 15) is 4.79 Å². The van der Waals surface area contributed by atoms with Crippen molar-refractivity contribution in [1.29, 1.82) is 0 Å². The summed E-state index contributed by atoms with van der Waals surface area (Å²) in [6.07, 6.45) is 0.477. The van der Waals surface area contributed by atoms with Gasteiger partial charge in [-0.25, -0.2) is 0 Å². The molecule has 2 unspecified atom stereocenters. The van der Waals surface area contributed by atoms with Gasteiger partial charge in [0.15, 0.2) is 0 Å². The van der Waals surface area contributed by atoms with E-state index in [0.29, 0.717) is 12.8 Å². The molecular formula is C10H22N2O2. The summed E-state index contributed by atoms with van der Waals surface area (Å²) in [7, 11) is 0. The number of amides is 1. The van der Waals surface area contributed by atoms with Gasteiger partial charge in [-0.1, -0.05) is 0 Å². The van der Waals surface area contributed by atoms with Crippen molar-refractivity contribution >= 4 is 5.91 Å². The molecule has 0 aromatic carbocycles. The molecule has 2 atom stereocenters. The molecule has 0 aliphatic carbocycles. The van der Waals surface area contributed by atoms with Crippen LogP contribution in [0.2, 0.25) is 0 Å². The molecule has 0 heterocycles. The molecule has 0 aromatic heterocycles. The lowest BCUT2D eigenvalue weighted by molar-refractivity contribution is -0.122. The Morgan fingerprint density at radius 3 is 2.36 bits per heavy atom. The zero-order valence-electron chi connectivity index (χ0n) is 9.50. The van der Waals surface area contributed by atoms with Gasteiger partial charge in [0.25, 0.3) is 0 Å². The lowest BCUT2D eigenvalue weighted by atomic mass is 10.0. The van der Waals surface area contributed by atoms with Gasteiger partial charge in [-0.15, -0.1) is 0 Å². The van der Waals surface area contributed by atoms with Crippen molar-refractivity contribution in [3.05, 3.63) is 0 Å². The highest BCUT2D eigenvalue weighted by Gasteiger charge is 2.17. The third-order valence-corrected chi connectivity index (χ3v) is 1.72. The Bertz CT molecular complexity index is 185. The van der Waals surface area contributed by atoms with Crippen LogP contribution in [0.3, 0.4) is 0 Å². The van der Waals surface area contributed by atoms with E-state index in [1.807, 2.05) is 20.8 Å². The molecule has 4 N–H and O–H groups in total. The molecule has 0 rings (SSSR count). The largest absolute Gasteiger partial charge is 0.393 e. The highest BCUT2D eigenvalue weighted by Crippen LogP contribution is 2.04. The van der Waals surface area contributed by atoms with E-state index in [4.69, 9.17) is 10.8 Å². The first-order valence-electron chi connectivity index (χ1n) is 4.97. The van der Waals surface area contributed by atoms with Crippen molar-refractivity contribution in [3.8, 4) is 0 Å². The number of hydrogen-bond donors (Lipinski definition) is 3. The molecule has 0 fully saturated rings. The maximum absolute atomic E-state index is 11.4. The Kier molecular flexibility index (Phi) is 5.08. The first-order chi connectivity index (χ1) is 6.20. The predicted octanol–water partition coefficient (Wildman–Crippen LogP) is 0.389. The van der Waals surface area contributed by atoms with E-state index in [2.05, 4.69) is 5.32 Å². The number of aliphatic hydroxyl groups is 1. The van der Waals surface area contributed by atoms with Crippen molar-refractivity contribution in [2.75, 3.05) is 0 Å². The first-order valence-corrected chi connectivity index (χ1v) is 4.97. The first kappa shape index (κ1) is 13.4. The Morgan fingerprint density at radius 2 is 2.00 bits per heavy atom. The summed E-state index contributed by atoms with van der Waals surface area (Å²) in [5.74, 6) is -0.0642. The molecule has 0 spiro atoms. The Labute approximate surface area is 85.9 Å². The van der Waals surface area contributed by atoms with Gasteiger partial charge in [-0.2, -0.15) is 0 Å². The maximum atomic E-state index is 11.4. The minimum atomic E-state index is -0.478. The van der Waals surface area contributed by atoms with Gasteiger partial charge in [0, 0.05) is 18.0 Å². The van der Waals surface area contributed by atoms with E-state index in [1.54, 1.807) is 6.92 Å². The van der Waals surface area contributed by atoms with E-state index >= 15 is 0 Å². The highest BCUT2D eigenvalue weighted by molar-refractivity contribution is 5.77. The van der Waals surface area contributed by atoms with Crippen LogP contribution in [0.15, 0.2) is 0 Å². The average Bonchev–Trinajstić information content (AvgIpc) is 1.77. The third kappa shape index (κ3) is 8.01. The molecule has 4 heteroatoms. The van der Waals surface area contributed by atoms with Crippen LogP contribution in [-0.4, -0.2) is 28.7 Å². The van der Waals surface area contributed by atoms with Crippen LogP contribution in [0.25, 0.3) is 0 Å². The fourth-order valence-corrected chi connectivity index (χ4v) is 1.31. The standard InChI is InChI=1S/C10H22N2O2/c1-7(5-8(2)13)12-9(14)6-10(3,4)11/h7-8,13H,5-6,11H2,1-4H3,(H,12,14). The summed E-state index contributed by atoms with van der Waals surface area (Å²) in [6, 6.07) is -0.00940. The van der Waals surface area contributed by atoms with Crippen molar-refractivity contribution in [2.45, 2.75) is 58.2 Å². The molecule has 4 nitrogen and oxygen atoms in total. The Hall–Kier alpha value is -0.610. The van der Waals surface area contributed by atoms with Gasteiger partial charge in [0.05, 0.1) is 6.10 Å². The van der Waals surface area contributed by atoms with Gasteiger partial charge < -0.3 is 16.2 Å². The number of rotatable bonds is 5. The van der Waals surface area contributed by atoms with Gasteiger partial charge in [0.2, 0.25) is 5.91 Å². The Morgan fingerprint density at radius 1 is 1.50 bits per heavy atom. The monoisotopic (exact) mass is 202 g/mol. The normalized spacial score (nSPS) is 16.1. The second kappa shape index (κ2) is 5.32. The van der Waals surface area contributed by atoms with Crippen LogP contribution in [0.4, 0.5) is 0 Å². The SMILES string of the molecule is CC(O)CC(C)NC(=O)CC(C)(C)N. The molecule has 0 aliphatic rings. The maximum Gasteiger partial charge on any atom is 0.222 e. The third-order valence-electron chi connectivity index (χ3n) is 1.72. The average molecular weight is 202 g/mol. The number of carbonyl (C=O) groups is 1. The van der Waals surface area contributed by atoms with Gasteiger partial charge in [-0.3, -0.25) is 4.79 Å². The lowest BCUT2D eigenvalue weighted by Crippen LogP contribution is -2.42. The number of aliphatic hydroxyl groups excluding tert-OH is 1. The second-order valence-corrected chi connectivity index (χ2v) is 4.72. The van der Waals surface area contributed by atoms with E-state index in [0.717, 1.165) is 0 Å². The summed E-state index contributed by atoms with van der Waals surface area (Å²) >= 11 is 0. The molecule has 1 amide bonds. The number of nitrogens with two attached hydrogens (primary N) is 1. The Balaban J connectivity index is 3.83. The minimum Gasteiger partial charge on any atom is -0.393 e. The summed E-state index contributed by atoms with van der Waals surface area (Å²) in [5, 5.41) is 11.9.